The largest absolute Gasteiger partial charge is 0.493 e. The molecule has 1 saturated heterocycles. The summed E-state index contributed by atoms with van der Waals surface area (Å²) in [6.07, 6.45) is -4.60. The molecule has 2 aliphatic rings. The highest BCUT2D eigenvalue weighted by atomic mass is 35.5. The SMILES string of the molecule is O=C(CN1C(=O)NC2(CCOc3ccccc32)C1=O)Nc1ccc(Cl)cc1C(F)(F)F. The van der Waals surface area contributed by atoms with E-state index in [1.54, 1.807) is 24.3 Å². The summed E-state index contributed by atoms with van der Waals surface area (Å²) < 4.78 is 45.2. The molecule has 2 aliphatic heterocycles. The number of benzene rings is 2. The van der Waals surface area contributed by atoms with Crippen LogP contribution in [-0.4, -0.2) is 35.9 Å². The van der Waals surface area contributed by atoms with E-state index in [2.05, 4.69) is 10.6 Å². The summed E-state index contributed by atoms with van der Waals surface area (Å²) in [7, 11) is 0. The van der Waals surface area contributed by atoms with Crippen molar-refractivity contribution in [3.8, 4) is 5.75 Å². The number of hydrogen-bond acceptors (Lipinski definition) is 4. The Balaban J connectivity index is 1.56. The number of nitrogens with one attached hydrogen (secondary N) is 2. The second kappa shape index (κ2) is 7.45. The lowest BCUT2D eigenvalue weighted by Crippen LogP contribution is -2.48. The molecular formula is C20H15ClF3N3O4. The van der Waals surface area contributed by atoms with Crippen LogP contribution in [0, 0.1) is 0 Å². The molecule has 1 unspecified atom stereocenters. The molecule has 4 amide bonds. The highest BCUT2D eigenvalue weighted by molar-refractivity contribution is 6.30. The first kappa shape index (κ1) is 21.0. The molecule has 2 N–H and O–H groups in total. The van der Waals surface area contributed by atoms with Crippen LogP contribution < -0.4 is 15.4 Å². The van der Waals surface area contributed by atoms with E-state index in [0.717, 1.165) is 6.07 Å². The van der Waals surface area contributed by atoms with Crippen molar-refractivity contribution in [2.24, 2.45) is 0 Å². The fraction of sp³-hybridized carbons (Fsp3) is 0.250. The summed E-state index contributed by atoms with van der Waals surface area (Å²) >= 11 is 5.63. The first-order chi connectivity index (χ1) is 14.6. The number of halogens is 4. The predicted molar refractivity (Wildman–Crippen MR) is 104 cm³/mol. The van der Waals surface area contributed by atoms with Gasteiger partial charge in [0.25, 0.3) is 5.91 Å². The zero-order chi connectivity index (χ0) is 22.4. The zero-order valence-electron chi connectivity index (χ0n) is 15.8. The molecule has 162 valence electrons. The van der Waals surface area contributed by atoms with E-state index in [9.17, 15) is 27.6 Å². The van der Waals surface area contributed by atoms with Crippen LogP contribution >= 0.6 is 11.6 Å². The standard InChI is InChI=1S/C20H15ClF3N3O4/c21-11-5-6-14(13(9-11)20(22,23)24)25-16(28)10-27-17(29)19(26-18(27)30)7-8-31-15-4-2-1-3-12(15)19/h1-6,9H,7-8,10H2,(H,25,28)(H,26,30). The number of amides is 4. The van der Waals surface area contributed by atoms with Crippen LogP contribution in [0.4, 0.5) is 23.7 Å². The van der Waals surface area contributed by atoms with Crippen LogP contribution in [0.2, 0.25) is 5.02 Å². The summed E-state index contributed by atoms with van der Waals surface area (Å²) in [6, 6.07) is 8.75. The highest BCUT2D eigenvalue weighted by Gasteiger charge is 2.55. The van der Waals surface area contributed by atoms with Crippen molar-refractivity contribution in [2.45, 2.75) is 18.1 Å². The lowest BCUT2D eigenvalue weighted by atomic mass is 9.84. The number of imide groups is 1. The first-order valence-corrected chi connectivity index (χ1v) is 9.52. The summed E-state index contributed by atoms with van der Waals surface area (Å²) in [6.45, 7) is -0.585. The number of nitrogens with zero attached hydrogens (tertiary/aromatic N) is 1. The van der Waals surface area contributed by atoms with Crippen molar-refractivity contribution in [3.05, 3.63) is 58.6 Å². The molecule has 0 saturated carbocycles. The third-order valence-corrected chi connectivity index (χ3v) is 5.36. The Morgan fingerprint density at radius 3 is 2.71 bits per heavy atom. The normalized spacial score (nSPS) is 20.3. The van der Waals surface area contributed by atoms with Gasteiger partial charge in [-0.3, -0.25) is 14.5 Å². The number of carbonyl (C=O) groups is 3. The maximum atomic E-state index is 13.2. The minimum absolute atomic E-state index is 0.153. The predicted octanol–water partition coefficient (Wildman–Crippen LogP) is 3.53. The van der Waals surface area contributed by atoms with Gasteiger partial charge < -0.3 is 15.4 Å². The smallest absolute Gasteiger partial charge is 0.418 e. The zero-order valence-corrected chi connectivity index (χ0v) is 16.5. The Kier molecular flexibility index (Phi) is 5.04. The van der Waals surface area contributed by atoms with Gasteiger partial charge in [0.15, 0.2) is 5.54 Å². The molecule has 2 heterocycles. The topological polar surface area (TPSA) is 87.7 Å². The number of anilines is 1. The van der Waals surface area contributed by atoms with Gasteiger partial charge in [0.2, 0.25) is 5.91 Å². The molecule has 4 rings (SSSR count). The second-order valence-electron chi connectivity index (χ2n) is 7.06. The number of fused-ring (bicyclic) bond motifs is 2. The Morgan fingerprint density at radius 2 is 1.97 bits per heavy atom. The summed E-state index contributed by atoms with van der Waals surface area (Å²) in [4.78, 5) is 38.7. The van der Waals surface area contributed by atoms with Crippen LogP contribution in [0.3, 0.4) is 0 Å². The summed E-state index contributed by atoms with van der Waals surface area (Å²) in [5.74, 6) is -1.20. The third kappa shape index (κ3) is 3.67. The molecule has 0 aromatic heterocycles. The Hall–Kier alpha value is -3.27. The first-order valence-electron chi connectivity index (χ1n) is 9.15. The van der Waals surface area contributed by atoms with E-state index in [-0.39, 0.29) is 18.1 Å². The van der Waals surface area contributed by atoms with E-state index in [1.165, 1.54) is 6.07 Å². The average molecular weight is 454 g/mol. The van der Waals surface area contributed by atoms with E-state index < -0.39 is 47.4 Å². The van der Waals surface area contributed by atoms with Crippen LogP contribution in [-0.2, 0) is 21.3 Å². The Bertz CT molecular complexity index is 1090. The molecular weight excluding hydrogens is 439 g/mol. The minimum atomic E-state index is -4.76. The van der Waals surface area contributed by atoms with Gasteiger partial charge in [-0.2, -0.15) is 13.2 Å². The van der Waals surface area contributed by atoms with Crippen molar-refractivity contribution in [1.82, 2.24) is 10.2 Å². The molecule has 1 atom stereocenters. The number of para-hydroxylation sites is 1. The van der Waals surface area contributed by atoms with Crippen molar-refractivity contribution < 1.29 is 32.3 Å². The van der Waals surface area contributed by atoms with Gasteiger partial charge >= 0.3 is 12.2 Å². The minimum Gasteiger partial charge on any atom is -0.493 e. The van der Waals surface area contributed by atoms with Gasteiger partial charge in [-0.05, 0) is 24.3 Å². The summed E-state index contributed by atoms with van der Waals surface area (Å²) in [5, 5.41) is 4.57. The molecule has 0 radical (unpaired) electrons. The Morgan fingerprint density at radius 1 is 1.23 bits per heavy atom. The molecule has 11 heteroatoms. The lowest BCUT2D eigenvalue weighted by molar-refractivity contribution is -0.137. The monoisotopic (exact) mass is 453 g/mol. The van der Waals surface area contributed by atoms with E-state index in [1.807, 2.05) is 0 Å². The molecule has 2 aromatic carbocycles. The van der Waals surface area contributed by atoms with Crippen molar-refractivity contribution >= 4 is 35.1 Å². The van der Waals surface area contributed by atoms with E-state index in [4.69, 9.17) is 16.3 Å². The van der Waals surface area contributed by atoms with Crippen LogP contribution in [0.15, 0.2) is 42.5 Å². The summed E-state index contributed by atoms with van der Waals surface area (Å²) in [5.41, 5.74) is -2.59. The molecule has 0 bridgehead atoms. The number of carbonyl (C=O) groups excluding carboxylic acids is 3. The molecule has 0 aliphatic carbocycles. The van der Waals surface area contributed by atoms with Gasteiger partial charge in [-0.15, -0.1) is 0 Å². The third-order valence-electron chi connectivity index (χ3n) is 5.12. The molecule has 7 nitrogen and oxygen atoms in total. The van der Waals surface area contributed by atoms with Crippen LogP contribution in [0.5, 0.6) is 5.75 Å². The lowest BCUT2D eigenvalue weighted by Gasteiger charge is -2.33. The fourth-order valence-electron chi connectivity index (χ4n) is 3.71. The van der Waals surface area contributed by atoms with Gasteiger partial charge in [0.1, 0.15) is 12.3 Å². The molecule has 2 aromatic rings. The van der Waals surface area contributed by atoms with Crippen molar-refractivity contribution in [2.75, 3.05) is 18.5 Å². The number of urea groups is 1. The van der Waals surface area contributed by atoms with Gasteiger partial charge in [-0.1, -0.05) is 29.8 Å². The van der Waals surface area contributed by atoms with Crippen molar-refractivity contribution in [3.63, 3.8) is 0 Å². The van der Waals surface area contributed by atoms with Crippen molar-refractivity contribution in [1.29, 1.82) is 0 Å². The molecule has 1 fully saturated rings. The Labute approximate surface area is 179 Å². The van der Waals surface area contributed by atoms with E-state index in [0.29, 0.717) is 22.3 Å². The van der Waals surface area contributed by atoms with Gasteiger partial charge in [-0.25, -0.2) is 4.79 Å². The quantitative estimate of drug-likeness (QED) is 0.696. The maximum Gasteiger partial charge on any atom is 0.418 e. The molecule has 1 spiro atoms. The number of hydrogen-bond donors (Lipinski definition) is 2. The number of rotatable bonds is 3. The average Bonchev–Trinajstić information content (AvgIpc) is 2.94. The highest BCUT2D eigenvalue weighted by Crippen LogP contribution is 2.41. The van der Waals surface area contributed by atoms with Gasteiger partial charge in [0, 0.05) is 17.0 Å². The van der Waals surface area contributed by atoms with E-state index >= 15 is 0 Å². The van der Waals surface area contributed by atoms with Crippen LogP contribution in [0.1, 0.15) is 17.5 Å². The number of ether oxygens (including phenoxy) is 1. The molecule has 31 heavy (non-hydrogen) atoms. The number of alkyl halides is 3. The fourth-order valence-corrected chi connectivity index (χ4v) is 3.88. The maximum absolute atomic E-state index is 13.2. The second-order valence-corrected chi connectivity index (χ2v) is 7.49. The van der Waals surface area contributed by atoms with Gasteiger partial charge in [0.05, 0.1) is 17.9 Å². The van der Waals surface area contributed by atoms with Crippen LogP contribution in [0.25, 0.3) is 0 Å².